The zero-order valence-corrected chi connectivity index (χ0v) is 11.5. The van der Waals surface area contributed by atoms with Gasteiger partial charge in [-0.25, -0.2) is 10.8 Å². The summed E-state index contributed by atoms with van der Waals surface area (Å²) in [6.07, 6.45) is 0. The van der Waals surface area contributed by atoms with Gasteiger partial charge in [-0.3, -0.25) is 5.43 Å². The normalized spacial score (nSPS) is 13.3. The molecule has 1 atom stereocenters. The fourth-order valence-electron chi connectivity index (χ4n) is 1.76. The molecule has 1 rings (SSSR count). The van der Waals surface area contributed by atoms with Crippen LogP contribution in [-0.4, -0.2) is 32.8 Å². The number of aryl methyl sites for hydroxylation is 1. The standard InChI is InChI=1S/C13H22N4O/c1-10-7-5-6-8-12(10)17(3)13(16-14)15-11(2)9-18-4/h5-8,11H,9,14H2,1-4H3,(H,15,16). The number of aliphatic imine (C=N–C) groups is 1. The predicted octanol–water partition coefficient (Wildman–Crippen LogP) is 1.29. The second kappa shape index (κ2) is 6.98. The summed E-state index contributed by atoms with van der Waals surface area (Å²) in [5, 5.41) is 0. The van der Waals surface area contributed by atoms with E-state index in [2.05, 4.69) is 23.4 Å². The average Bonchev–Trinajstić information content (AvgIpc) is 2.36. The van der Waals surface area contributed by atoms with Crippen LogP contribution < -0.4 is 16.2 Å². The van der Waals surface area contributed by atoms with Gasteiger partial charge in [0.1, 0.15) is 0 Å². The highest BCUT2D eigenvalue weighted by atomic mass is 16.5. The van der Waals surface area contributed by atoms with Crippen LogP contribution in [0.1, 0.15) is 12.5 Å². The molecule has 0 fully saturated rings. The molecular formula is C13H22N4O. The first-order valence-electron chi connectivity index (χ1n) is 5.92. The van der Waals surface area contributed by atoms with Crippen LogP contribution >= 0.6 is 0 Å². The van der Waals surface area contributed by atoms with Crippen molar-refractivity contribution in [3.05, 3.63) is 29.8 Å². The van der Waals surface area contributed by atoms with Crippen molar-refractivity contribution < 1.29 is 4.74 Å². The van der Waals surface area contributed by atoms with E-state index in [0.717, 1.165) is 5.69 Å². The van der Waals surface area contributed by atoms with Crippen molar-refractivity contribution >= 4 is 11.6 Å². The molecule has 100 valence electrons. The Hall–Kier alpha value is -1.59. The Morgan fingerprint density at radius 3 is 2.72 bits per heavy atom. The SMILES string of the molecule is COCC(C)N=C(NN)N(C)c1ccccc1C. The van der Waals surface area contributed by atoms with Gasteiger partial charge in [-0.2, -0.15) is 0 Å². The Morgan fingerprint density at radius 2 is 2.17 bits per heavy atom. The van der Waals surface area contributed by atoms with Crippen molar-refractivity contribution in [1.29, 1.82) is 0 Å². The first kappa shape index (κ1) is 14.5. The first-order valence-corrected chi connectivity index (χ1v) is 5.92. The van der Waals surface area contributed by atoms with E-state index in [1.807, 2.05) is 37.1 Å². The average molecular weight is 250 g/mol. The van der Waals surface area contributed by atoms with Gasteiger partial charge in [-0.1, -0.05) is 18.2 Å². The van der Waals surface area contributed by atoms with Crippen molar-refractivity contribution in [3.63, 3.8) is 0 Å². The van der Waals surface area contributed by atoms with Crippen molar-refractivity contribution in [3.8, 4) is 0 Å². The molecule has 0 saturated carbocycles. The van der Waals surface area contributed by atoms with E-state index in [4.69, 9.17) is 10.6 Å². The van der Waals surface area contributed by atoms with Crippen LogP contribution in [0, 0.1) is 6.92 Å². The number of guanidine groups is 1. The Kier molecular flexibility index (Phi) is 5.61. The Balaban J connectivity index is 2.92. The zero-order valence-electron chi connectivity index (χ0n) is 11.5. The Labute approximate surface area is 109 Å². The summed E-state index contributed by atoms with van der Waals surface area (Å²) in [4.78, 5) is 6.42. The minimum Gasteiger partial charge on any atom is -0.382 e. The minimum atomic E-state index is 0.0486. The van der Waals surface area contributed by atoms with Crippen LogP contribution in [0.4, 0.5) is 5.69 Å². The van der Waals surface area contributed by atoms with Gasteiger partial charge in [0.2, 0.25) is 5.96 Å². The molecule has 18 heavy (non-hydrogen) atoms. The number of para-hydroxylation sites is 1. The highest BCUT2D eigenvalue weighted by molar-refractivity contribution is 5.95. The smallest absolute Gasteiger partial charge is 0.213 e. The zero-order chi connectivity index (χ0) is 13.5. The Morgan fingerprint density at radius 1 is 1.50 bits per heavy atom. The van der Waals surface area contributed by atoms with Crippen molar-refractivity contribution in [2.24, 2.45) is 10.8 Å². The number of benzene rings is 1. The molecule has 0 bridgehead atoms. The molecule has 5 heteroatoms. The summed E-state index contributed by atoms with van der Waals surface area (Å²) in [7, 11) is 3.59. The number of nitrogens with one attached hydrogen (secondary N) is 1. The van der Waals surface area contributed by atoms with Crippen LogP contribution in [0.15, 0.2) is 29.3 Å². The molecule has 0 aliphatic heterocycles. The van der Waals surface area contributed by atoms with E-state index in [-0.39, 0.29) is 6.04 Å². The fraction of sp³-hybridized carbons (Fsp3) is 0.462. The Bertz CT molecular complexity index is 406. The lowest BCUT2D eigenvalue weighted by molar-refractivity contribution is 0.185. The highest BCUT2D eigenvalue weighted by Gasteiger charge is 2.11. The molecule has 5 nitrogen and oxygen atoms in total. The van der Waals surface area contributed by atoms with Gasteiger partial charge < -0.3 is 9.64 Å². The second-order valence-electron chi connectivity index (χ2n) is 4.25. The van der Waals surface area contributed by atoms with E-state index < -0.39 is 0 Å². The lowest BCUT2D eigenvalue weighted by atomic mass is 10.2. The summed E-state index contributed by atoms with van der Waals surface area (Å²) < 4.78 is 5.06. The molecule has 1 aromatic carbocycles. The molecule has 3 N–H and O–H groups in total. The molecule has 0 heterocycles. The topological polar surface area (TPSA) is 62.9 Å². The first-order chi connectivity index (χ1) is 8.60. The predicted molar refractivity (Wildman–Crippen MR) is 75.7 cm³/mol. The van der Waals surface area contributed by atoms with Crippen LogP contribution in [-0.2, 0) is 4.74 Å². The maximum Gasteiger partial charge on any atom is 0.213 e. The number of nitrogens with two attached hydrogens (primary N) is 1. The molecule has 0 spiro atoms. The minimum absolute atomic E-state index is 0.0486. The lowest BCUT2D eigenvalue weighted by Gasteiger charge is -2.23. The molecule has 0 aliphatic rings. The highest BCUT2D eigenvalue weighted by Crippen LogP contribution is 2.17. The van der Waals surface area contributed by atoms with E-state index >= 15 is 0 Å². The third-order valence-corrected chi connectivity index (χ3v) is 2.67. The number of rotatable bonds is 4. The quantitative estimate of drug-likeness (QED) is 0.366. The maximum atomic E-state index is 5.54. The third-order valence-electron chi connectivity index (χ3n) is 2.67. The van der Waals surface area contributed by atoms with E-state index in [9.17, 15) is 0 Å². The summed E-state index contributed by atoms with van der Waals surface area (Å²) >= 11 is 0. The van der Waals surface area contributed by atoms with Crippen LogP contribution in [0.2, 0.25) is 0 Å². The van der Waals surface area contributed by atoms with Crippen LogP contribution in [0.3, 0.4) is 0 Å². The molecule has 0 aromatic heterocycles. The number of nitrogens with zero attached hydrogens (tertiary/aromatic N) is 2. The summed E-state index contributed by atoms with van der Waals surface area (Å²) in [6.45, 7) is 4.60. The van der Waals surface area contributed by atoms with Gasteiger partial charge in [0.05, 0.1) is 12.6 Å². The number of ether oxygens (including phenoxy) is 1. The number of anilines is 1. The fourth-order valence-corrected chi connectivity index (χ4v) is 1.76. The largest absolute Gasteiger partial charge is 0.382 e. The maximum absolute atomic E-state index is 5.54. The van der Waals surface area contributed by atoms with Gasteiger partial charge in [-0.15, -0.1) is 0 Å². The van der Waals surface area contributed by atoms with Gasteiger partial charge >= 0.3 is 0 Å². The van der Waals surface area contributed by atoms with E-state index in [1.165, 1.54) is 5.56 Å². The van der Waals surface area contributed by atoms with Crippen molar-refractivity contribution in [2.45, 2.75) is 19.9 Å². The molecule has 1 aromatic rings. The van der Waals surface area contributed by atoms with Crippen molar-refractivity contribution in [1.82, 2.24) is 5.43 Å². The number of hydrogen-bond acceptors (Lipinski definition) is 3. The summed E-state index contributed by atoms with van der Waals surface area (Å²) in [6, 6.07) is 8.13. The third kappa shape index (κ3) is 3.72. The summed E-state index contributed by atoms with van der Waals surface area (Å²) in [5.74, 6) is 6.16. The number of hydrazine groups is 1. The second-order valence-corrected chi connectivity index (χ2v) is 4.25. The van der Waals surface area contributed by atoms with Crippen molar-refractivity contribution in [2.75, 3.05) is 25.7 Å². The molecule has 0 amide bonds. The molecule has 1 unspecified atom stereocenters. The number of hydrogen-bond donors (Lipinski definition) is 2. The lowest BCUT2D eigenvalue weighted by Crippen LogP contribution is -2.44. The van der Waals surface area contributed by atoms with Gasteiger partial charge in [0.15, 0.2) is 0 Å². The van der Waals surface area contributed by atoms with Crippen LogP contribution in [0.5, 0.6) is 0 Å². The van der Waals surface area contributed by atoms with Gasteiger partial charge in [0, 0.05) is 19.8 Å². The van der Waals surface area contributed by atoms with Crippen LogP contribution in [0.25, 0.3) is 0 Å². The monoisotopic (exact) mass is 250 g/mol. The van der Waals surface area contributed by atoms with Gasteiger partial charge in [-0.05, 0) is 25.5 Å². The van der Waals surface area contributed by atoms with E-state index in [0.29, 0.717) is 12.6 Å². The molecule has 0 aliphatic carbocycles. The molecule has 0 radical (unpaired) electrons. The van der Waals surface area contributed by atoms with E-state index in [1.54, 1.807) is 7.11 Å². The summed E-state index contributed by atoms with van der Waals surface area (Å²) in [5.41, 5.74) is 4.87. The van der Waals surface area contributed by atoms with Gasteiger partial charge in [0.25, 0.3) is 0 Å². The molecule has 0 saturated heterocycles. The molecular weight excluding hydrogens is 228 g/mol. The number of methoxy groups -OCH3 is 1.